The van der Waals surface area contributed by atoms with Gasteiger partial charge in [0.1, 0.15) is 5.82 Å². The second-order valence-corrected chi connectivity index (χ2v) is 5.56. The largest absolute Gasteiger partial charge is 0.419 e. The molecule has 0 saturated heterocycles. The van der Waals surface area contributed by atoms with Crippen molar-refractivity contribution in [3.63, 3.8) is 0 Å². The van der Waals surface area contributed by atoms with Crippen molar-refractivity contribution in [3.8, 4) is 0 Å². The molecule has 3 nitrogen and oxygen atoms in total. The van der Waals surface area contributed by atoms with Gasteiger partial charge in [0.2, 0.25) is 0 Å². The van der Waals surface area contributed by atoms with Gasteiger partial charge in [0.15, 0.2) is 0 Å². The maximum absolute atomic E-state index is 13.3. The quantitative estimate of drug-likeness (QED) is 0.766. The molecule has 0 bridgehead atoms. The van der Waals surface area contributed by atoms with Crippen LogP contribution < -0.4 is 5.32 Å². The normalized spacial score (nSPS) is 14.2. The number of hydrogen-bond acceptors (Lipinski definition) is 1. The fourth-order valence-electron chi connectivity index (χ4n) is 2.69. The van der Waals surface area contributed by atoms with Crippen molar-refractivity contribution in [3.05, 3.63) is 65.0 Å². The van der Waals surface area contributed by atoms with Gasteiger partial charge < -0.3 is 10.2 Å². The highest BCUT2D eigenvalue weighted by atomic mass is 19.4. The summed E-state index contributed by atoms with van der Waals surface area (Å²) in [4.78, 5) is 13.8. The highest BCUT2D eigenvalue weighted by molar-refractivity contribution is 5.89. The highest BCUT2D eigenvalue weighted by Gasteiger charge is 2.34. The number of carbonyl (C=O) groups excluding carboxylic acids is 1. The molecular weight excluding hydrogens is 324 g/mol. The van der Waals surface area contributed by atoms with Crippen LogP contribution in [-0.4, -0.2) is 17.5 Å². The van der Waals surface area contributed by atoms with E-state index in [0.29, 0.717) is 31.6 Å². The number of alkyl halides is 3. The fraction of sp³-hybridized carbons (Fsp3) is 0.235. The predicted octanol–water partition coefficient (Wildman–Crippen LogP) is 4.43. The average molecular weight is 338 g/mol. The zero-order valence-electron chi connectivity index (χ0n) is 12.5. The molecule has 7 heteroatoms. The van der Waals surface area contributed by atoms with Crippen molar-refractivity contribution in [1.29, 1.82) is 0 Å². The fourth-order valence-corrected chi connectivity index (χ4v) is 2.69. The molecule has 1 N–H and O–H groups in total. The van der Waals surface area contributed by atoms with Crippen LogP contribution in [0.1, 0.15) is 16.7 Å². The Bertz CT molecular complexity index is 773. The van der Waals surface area contributed by atoms with Crippen LogP contribution in [0.4, 0.5) is 28.0 Å². The molecule has 126 valence electrons. The Balaban J connectivity index is 1.74. The lowest BCUT2D eigenvalue weighted by Gasteiger charge is -2.29. The summed E-state index contributed by atoms with van der Waals surface area (Å²) >= 11 is 0. The molecule has 24 heavy (non-hydrogen) atoms. The number of hydrogen-bond donors (Lipinski definition) is 1. The molecule has 0 atom stereocenters. The van der Waals surface area contributed by atoms with Crippen LogP contribution in [0.5, 0.6) is 0 Å². The van der Waals surface area contributed by atoms with Crippen LogP contribution in [0.15, 0.2) is 42.5 Å². The van der Waals surface area contributed by atoms with Gasteiger partial charge in [0, 0.05) is 18.8 Å². The maximum atomic E-state index is 13.3. The van der Waals surface area contributed by atoms with Gasteiger partial charge in [-0.3, -0.25) is 0 Å². The van der Waals surface area contributed by atoms with Crippen LogP contribution >= 0.6 is 0 Å². The molecule has 1 aliphatic heterocycles. The van der Waals surface area contributed by atoms with E-state index in [-0.39, 0.29) is 5.69 Å². The lowest BCUT2D eigenvalue weighted by molar-refractivity contribution is -0.139. The number of nitrogens with zero attached hydrogens (tertiary/aromatic N) is 1. The minimum absolute atomic E-state index is 0.0902. The minimum atomic E-state index is -4.81. The number of carbonyl (C=O) groups is 1. The van der Waals surface area contributed by atoms with Gasteiger partial charge in [0.25, 0.3) is 0 Å². The highest BCUT2D eigenvalue weighted by Crippen LogP contribution is 2.33. The summed E-state index contributed by atoms with van der Waals surface area (Å²) in [6.45, 7) is 0.853. The predicted molar refractivity (Wildman–Crippen MR) is 81.0 cm³/mol. The van der Waals surface area contributed by atoms with Gasteiger partial charge in [-0.25, -0.2) is 9.18 Å². The van der Waals surface area contributed by atoms with E-state index >= 15 is 0 Å². The molecule has 0 fully saturated rings. The first kappa shape index (κ1) is 16.3. The molecule has 0 aliphatic carbocycles. The molecule has 1 aliphatic rings. The lowest BCUT2D eigenvalue weighted by atomic mass is 10.0. The molecule has 2 aromatic rings. The third kappa shape index (κ3) is 3.34. The van der Waals surface area contributed by atoms with Crippen molar-refractivity contribution in [2.24, 2.45) is 0 Å². The number of fused-ring (bicyclic) bond motifs is 1. The Morgan fingerprint density at radius 2 is 1.79 bits per heavy atom. The Labute approximate surface area is 135 Å². The van der Waals surface area contributed by atoms with Crippen molar-refractivity contribution in [1.82, 2.24) is 4.90 Å². The zero-order chi connectivity index (χ0) is 17.3. The number of amides is 2. The van der Waals surface area contributed by atoms with Crippen molar-refractivity contribution < 1.29 is 22.4 Å². The van der Waals surface area contributed by atoms with E-state index in [2.05, 4.69) is 5.32 Å². The first-order valence-corrected chi connectivity index (χ1v) is 7.34. The molecule has 0 unspecified atom stereocenters. The third-order valence-electron chi connectivity index (χ3n) is 3.94. The van der Waals surface area contributed by atoms with Crippen molar-refractivity contribution >= 4 is 11.7 Å². The summed E-state index contributed by atoms with van der Waals surface area (Å²) < 4.78 is 51.4. The Hall–Kier alpha value is -2.57. The van der Waals surface area contributed by atoms with Crippen molar-refractivity contribution in [2.45, 2.75) is 19.1 Å². The van der Waals surface area contributed by atoms with E-state index in [1.165, 1.54) is 4.90 Å². The zero-order valence-corrected chi connectivity index (χ0v) is 12.5. The summed E-state index contributed by atoms with van der Waals surface area (Å²) in [7, 11) is 0. The smallest absolute Gasteiger partial charge is 0.320 e. The summed E-state index contributed by atoms with van der Waals surface area (Å²) in [5.74, 6) is -1.37. The average Bonchev–Trinajstić information content (AvgIpc) is 2.55. The van der Waals surface area contributed by atoms with Gasteiger partial charge in [-0.15, -0.1) is 0 Å². The number of anilines is 1. The minimum Gasteiger partial charge on any atom is -0.320 e. The van der Waals surface area contributed by atoms with E-state index in [1.54, 1.807) is 0 Å². The standard InChI is InChI=1S/C17H14F4N2O/c18-15-6-5-13(9-14(15)17(19,20)21)22-16(24)23-8-7-11-3-1-2-4-12(11)10-23/h1-6,9H,7-8,10H2,(H,22,24). The van der Waals surface area contributed by atoms with E-state index in [0.717, 1.165) is 17.2 Å². The molecular formula is C17H14F4N2O. The van der Waals surface area contributed by atoms with Gasteiger partial charge in [-0.2, -0.15) is 13.2 Å². The molecule has 0 saturated carbocycles. The van der Waals surface area contributed by atoms with Gasteiger partial charge in [-0.1, -0.05) is 24.3 Å². The second-order valence-electron chi connectivity index (χ2n) is 5.56. The molecule has 1 heterocycles. The van der Waals surface area contributed by atoms with Crippen LogP contribution in [0.25, 0.3) is 0 Å². The Morgan fingerprint density at radius 1 is 1.08 bits per heavy atom. The first-order valence-electron chi connectivity index (χ1n) is 7.34. The summed E-state index contributed by atoms with van der Waals surface area (Å²) in [5.41, 5.74) is 0.675. The first-order chi connectivity index (χ1) is 11.3. The van der Waals surface area contributed by atoms with Gasteiger partial charge in [0.05, 0.1) is 5.56 Å². The molecule has 2 aromatic carbocycles. The van der Waals surface area contributed by atoms with Crippen LogP contribution in [0, 0.1) is 5.82 Å². The van der Waals surface area contributed by atoms with E-state index in [4.69, 9.17) is 0 Å². The number of urea groups is 1. The Kier molecular flexibility index (Phi) is 4.17. The second kappa shape index (κ2) is 6.14. The molecule has 0 spiro atoms. The van der Waals surface area contributed by atoms with E-state index < -0.39 is 23.6 Å². The molecule has 2 amide bonds. The number of rotatable bonds is 1. The van der Waals surface area contributed by atoms with E-state index in [9.17, 15) is 22.4 Å². The monoisotopic (exact) mass is 338 g/mol. The van der Waals surface area contributed by atoms with Crippen molar-refractivity contribution in [2.75, 3.05) is 11.9 Å². The molecule has 0 aromatic heterocycles. The SMILES string of the molecule is O=C(Nc1ccc(F)c(C(F)(F)F)c1)N1CCc2ccccc2C1. The van der Waals surface area contributed by atoms with Crippen LogP contribution in [0.2, 0.25) is 0 Å². The maximum Gasteiger partial charge on any atom is 0.419 e. The van der Waals surface area contributed by atoms with Crippen LogP contribution in [0.3, 0.4) is 0 Å². The lowest BCUT2D eigenvalue weighted by Crippen LogP contribution is -2.38. The number of benzene rings is 2. The van der Waals surface area contributed by atoms with Crippen LogP contribution in [-0.2, 0) is 19.1 Å². The third-order valence-corrected chi connectivity index (χ3v) is 3.94. The Morgan fingerprint density at radius 3 is 2.50 bits per heavy atom. The van der Waals surface area contributed by atoms with E-state index in [1.807, 2.05) is 24.3 Å². The summed E-state index contributed by atoms with van der Waals surface area (Å²) in [5, 5.41) is 2.40. The number of nitrogens with one attached hydrogen (secondary N) is 1. The van der Waals surface area contributed by atoms with Gasteiger partial charge >= 0.3 is 12.2 Å². The number of halogens is 4. The molecule has 0 radical (unpaired) electrons. The summed E-state index contributed by atoms with van der Waals surface area (Å²) in [6, 6.07) is 9.59. The van der Waals surface area contributed by atoms with Gasteiger partial charge in [-0.05, 0) is 35.7 Å². The topological polar surface area (TPSA) is 32.3 Å². The summed E-state index contributed by atoms with van der Waals surface area (Å²) in [6.07, 6.45) is -4.13. The molecule has 3 rings (SSSR count).